The summed E-state index contributed by atoms with van der Waals surface area (Å²) in [6.07, 6.45) is 83.1. The molecule has 0 aliphatic heterocycles. The average molecular weight is 1050 g/mol. The van der Waals surface area contributed by atoms with E-state index in [9.17, 15) is 19.8 Å². The van der Waals surface area contributed by atoms with E-state index in [0.29, 0.717) is 19.4 Å². The van der Waals surface area contributed by atoms with Crippen LogP contribution in [0.4, 0.5) is 0 Å². The molecule has 0 bridgehead atoms. The number of allylic oxidation sites excluding steroid dienone is 7. The molecular formula is C69H129NO5. The van der Waals surface area contributed by atoms with E-state index in [1.807, 2.05) is 6.08 Å². The van der Waals surface area contributed by atoms with Gasteiger partial charge in [0, 0.05) is 12.8 Å². The number of amides is 1. The molecule has 0 heterocycles. The highest BCUT2D eigenvalue weighted by atomic mass is 16.5. The molecule has 0 aromatic carbocycles. The standard InChI is InChI=1S/C69H129NO5/c1-3-5-7-9-11-13-15-17-18-19-20-21-25-28-31-34-38-41-45-49-53-57-61-67(72)66(65-71)70-68(73)62-58-54-50-46-42-39-35-32-29-26-23-22-24-27-30-33-36-40-44-48-52-56-60-64-75-69(74)63-59-55-51-47-43-37-16-14-12-10-8-6-4-2/h8,10,14,16,26,29,57,61,66-67,71-72H,3-7,9,11-13,15,17-25,27-28,30-56,58-60,62-65H2,1-2H3,(H,70,73)/b10-8-,16-14-,29-26-,61-57+. The molecule has 0 saturated heterocycles. The zero-order chi connectivity index (χ0) is 54.3. The average Bonchev–Trinajstić information content (AvgIpc) is 3.41. The Morgan fingerprint density at radius 2 is 0.693 bits per heavy atom. The number of hydrogen-bond donors (Lipinski definition) is 3. The van der Waals surface area contributed by atoms with Crippen LogP contribution in [0.3, 0.4) is 0 Å². The van der Waals surface area contributed by atoms with Crippen molar-refractivity contribution in [1.82, 2.24) is 5.32 Å². The van der Waals surface area contributed by atoms with Gasteiger partial charge in [-0.1, -0.05) is 306 Å². The van der Waals surface area contributed by atoms with E-state index in [2.05, 4.69) is 55.6 Å². The predicted octanol–water partition coefficient (Wildman–Crippen LogP) is 21.3. The van der Waals surface area contributed by atoms with Crippen LogP contribution in [-0.4, -0.2) is 47.4 Å². The monoisotopic (exact) mass is 1050 g/mol. The number of rotatable bonds is 62. The number of aliphatic hydroxyl groups excluding tert-OH is 2. The summed E-state index contributed by atoms with van der Waals surface area (Å²) in [5.41, 5.74) is 0. The quantitative estimate of drug-likeness (QED) is 0.0320. The van der Waals surface area contributed by atoms with E-state index in [1.165, 1.54) is 270 Å². The summed E-state index contributed by atoms with van der Waals surface area (Å²) in [5.74, 6) is -0.0762. The van der Waals surface area contributed by atoms with Gasteiger partial charge in [0.15, 0.2) is 0 Å². The maximum Gasteiger partial charge on any atom is 0.305 e. The maximum atomic E-state index is 12.5. The lowest BCUT2D eigenvalue weighted by molar-refractivity contribution is -0.143. The van der Waals surface area contributed by atoms with Gasteiger partial charge in [-0.25, -0.2) is 0 Å². The Balaban J connectivity index is 3.45. The highest BCUT2D eigenvalue weighted by molar-refractivity contribution is 5.76. The molecule has 0 saturated carbocycles. The third-order valence-electron chi connectivity index (χ3n) is 15.3. The van der Waals surface area contributed by atoms with Crippen LogP contribution in [0.25, 0.3) is 0 Å². The molecule has 1 amide bonds. The Morgan fingerprint density at radius 3 is 1.08 bits per heavy atom. The van der Waals surface area contributed by atoms with Crippen LogP contribution in [0, 0.1) is 0 Å². The molecular weight excluding hydrogens is 923 g/mol. The van der Waals surface area contributed by atoms with E-state index in [0.717, 1.165) is 57.8 Å². The fourth-order valence-electron chi connectivity index (χ4n) is 10.2. The van der Waals surface area contributed by atoms with Crippen LogP contribution in [-0.2, 0) is 14.3 Å². The first kappa shape index (κ1) is 72.8. The van der Waals surface area contributed by atoms with Crippen molar-refractivity contribution in [3.63, 3.8) is 0 Å². The largest absolute Gasteiger partial charge is 0.466 e. The number of ether oxygens (including phenoxy) is 1. The number of carbonyl (C=O) groups excluding carboxylic acids is 2. The Bertz CT molecular complexity index is 1260. The molecule has 0 fully saturated rings. The first-order valence-electron chi connectivity index (χ1n) is 33.4. The summed E-state index contributed by atoms with van der Waals surface area (Å²) in [7, 11) is 0. The lowest BCUT2D eigenvalue weighted by Gasteiger charge is -2.20. The Morgan fingerprint density at radius 1 is 0.373 bits per heavy atom. The number of carbonyl (C=O) groups is 2. The minimum Gasteiger partial charge on any atom is -0.466 e. The smallest absolute Gasteiger partial charge is 0.305 e. The summed E-state index contributed by atoms with van der Waals surface area (Å²) in [4.78, 5) is 24.5. The van der Waals surface area contributed by atoms with Gasteiger partial charge in [0.2, 0.25) is 5.91 Å². The topological polar surface area (TPSA) is 95.9 Å². The van der Waals surface area contributed by atoms with Gasteiger partial charge in [-0.3, -0.25) is 9.59 Å². The van der Waals surface area contributed by atoms with E-state index < -0.39 is 12.1 Å². The first-order valence-corrected chi connectivity index (χ1v) is 33.4. The van der Waals surface area contributed by atoms with Crippen molar-refractivity contribution in [3.05, 3.63) is 48.6 Å². The van der Waals surface area contributed by atoms with Gasteiger partial charge >= 0.3 is 5.97 Å². The van der Waals surface area contributed by atoms with Crippen molar-refractivity contribution in [2.24, 2.45) is 0 Å². The number of hydrogen-bond acceptors (Lipinski definition) is 5. The van der Waals surface area contributed by atoms with E-state index in [1.54, 1.807) is 6.08 Å². The molecule has 0 aliphatic rings. The number of unbranched alkanes of at least 4 members (excludes halogenated alkanes) is 45. The summed E-state index contributed by atoms with van der Waals surface area (Å²) in [5, 5.41) is 23.2. The van der Waals surface area contributed by atoms with Crippen molar-refractivity contribution in [1.29, 1.82) is 0 Å². The molecule has 6 nitrogen and oxygen atoms in total. The predicted molar refractivity (Wildman–Crippen MR) is 329 cm³/mol. The fourth-order valence-corrected chi connectivity index (χ4v) is 10.2. The van der Waals surface area contributed by atoms with Crippen LogP contribution in [0.1, 0.15) is 354 Å². The second kappa shape index (κ2) is 64.3. The lowest BCUT2D eigenvalue weighted by Crippen LogP contribution is -2.45. The SMILES string of the molecule is CCC/C=C\C/C=C\CCCCCCCC(=O)OCCCCCCCCCCCCCC/C=C\CCCCCCCCCC(=O)NC(CO)C(O)/C=C/CCCCCCCCCCCCCCCCCCCCCC. The number of nitrogens with one attached hydrogen (secondary N) is 1. The molecule has 0 aliphatic carbocycles. The normalized spacial score (nSPS) is 12.9. The van der Waals surface area contributed by atoms with E-state index in [4.69, 9.17) is 4.74 Å². The Kier molecular flexibility index (Phi) is 62.5. The van der Waals surface area contributed by atoms with Crippen molar-refractivity contribution in [2.45, 2.75) is 366 Å². The Hall–Kier alpha value is -2.18. The zero-order valence-electron chi connectivity index (χ0n) is 50.3. The van der Waals surface area contributed by atoms with Crippen LogP contribution < -0.4 is 5.32 Å². The van der Waals surface area contributed by atoms with Gasteiger partial charge in [0.05, 0.1) is 25.4 Å². The summed E-state index contributed by atoms with van der Waals surface area (Å²) < 4.78 is 5.47. The lowest BCUT2D eigenvalue weighted by atomic mass is 10.0. The molecule has 2 atom stereocenters. The second-order valence-corrected chi connectivity index (χ2v) is 22.8. The zero-order valence-corrected chi connectivity index (χ0v) is 50.3. The Labute approximate surface area is 467 Å². The third kappa shape index (κ3) is 60.9. The molecule has 0 rings (SSSR count). The van der Waals surface area contributed by atoms with Crippen molar-refractivity contribution < 1.29 is 24.5 Å². The van der Waals surface area contributed by atoms with Crippen LogP contribution >= 0.6 is 0 Å². The van der Waals surface area contributed by atoms with Gasteiger partial charge in [-0.15, -0.1) is 0 Å². The molecule has 0 radical (unpaired) electrons. The maximum absolute atomic E-state index is 12.5. The minimum absolute atomic E-state index is 0.00441. The van der Waals surface area contributed by atoms with Gasteiger partial charge in [0.1, 0.15) is 0 Å². The van der Waals surface area contributed by atoms with Gasteiger partial charge in [-0.05, 0) is 83.5 Å². The number of aliphatic hydroxyl groups is 2. The molecule has 0 spiro atoms. The van der Waals surface area contributed by atoms with Crippen LogP contribution in [0.2, 0.25) is 0 Å². The fraction of sp³-hybridized carbons (Fsp3) is 0.855. The van der Waals surface area contributed by atoms with E-state index >= 15 is 0 Å². The molecule has 6 heteroatoms. The number of esters is 1. The van der Waals surface area contributed by atoms with Crippen molar-refractivity contribution in [2.75, 3.05) is 13.2 Å². The summed E-state index contributed by atoms with van der Waals surface area (Å²) in [6, 6.07) is -0.634. The van der Waals surface area contributed by atoms with Crippen LogP contribution in [0.5, 0.6) is 0 Å². The highest BCUT2D eigenvalue weighted by Gasteiger charge is 2.18. The summed E-state index contributed by atoms with van der Waals surface area (Å²) >= 11 is 0. The van der Waals surface area contributed by atoms with Crippen molar-refractivity contribution in [3.8, 4) is 0 Å². The molecule has 0 aromatic heterocycles. The van der Waals surface area contributed by atoms with E-state index in [-0.39, 0.29) is 18.5 Å². The minimum atomic E-state index is -0.850. The van der Waals surface area contributed by atoms with Gasteiger partial charge < -0.3 is 20.3 Å². The van der Waals surface area contributed by atoms with Crippen molar-refractivity contribution >= 4 is 11.9 Å². The molecule has 440 valence electrons. The molecule has 2 unspecified atom stereocenters. The second-order valence-electron chi connectivity index (χ2n) is 22.8. The molecule has 0 aromatic rings. The third-order valence-corrected chi connectivity index (χ3v) is 15.3. The van der Waals surface area contributed by atoms with Gasteiger partial charge in [0.25, 0.3) is 0 Å². The summed E-state index contributed by atoms with van der Waals surface area (Å²) in [6.45, 7) is 4.85. The first-order chi connectivity index (χ1) is 37.0. The highest BCUT2D eigenvalue weighted by Crippen LogP contribution is 2.18. The molecule has 75 heavy (non-hydrogen) atoms. The molecule has 3 N–H and O–H groups in total. The van der Waals surface area contributed by atoms with Gasteiger partial charge in [-0.2, -0.15) is 0 Å². The van der Waals surface area contributed by atoms with Crippen LogP contribution in [0.15, 0.2) is 48.6 Å².